The summed E-state index contributed by atoms with van der Waals surface area (Å²) in [5.74, 6) is -0.935. The highest BCUT2D eigenvalue weighted by molar-refractivity contribution is 9.09. The SMILES string of the molecule is Cc1cc(C(C)(C)CCBr)c(F)cc1F. The van der Waals surface area contributed by atoms with Crippen molar-refractivity contribution in [2.75, 3.05) is 5.33 Å². The molecule has 84 valence electrons. The van der Waals surface area contributed by atoms with Gasteiger partial charge in [0.15, 0.2) is 0 Å². The number of rotatable bonds is 3. The van der Waals surface area contributed by atoms with Crippen molar-refractivity contribution in [3.63, 3.8) is 0 Å². The van der Waals surface area contributed by atoms with E-state index < -0.39 is 11.6 Å². The van der Waals surface area contributed by atoms with E-state index in [4.69, 9.17) is 0 Å². The van der Waals surface area contributed by atoms with E-state index in [0.717, 1.165) is 17.8 Å². The Kier molecular flexibility index (Phi) is 3.87. The minimum atomic E-state index is -0.481. The lowest BCUT2D eigenvalue weighted by atomic mass is 9.81. The summed E-state index contributed by atoms with van der Waals surface area (Å²) in [5, 5.41) is 0.801. The molecule has 0 saturated heterocycles. The van der Waals surface area contributed by atoms with Gasteiger partial charge in [-0.15, -0.1) is 0 Å². The zero-order valence-corrected chi connectivity index (χ0v) is 10.8. The van der Waals surface area contributed by atoms with Crippen LogP contribution in [0.3, 0.4) is 0 Å². The zero-order chi connectivity index (χ0) is 11.6. The molecule has 0 amide bonds. The van der Waals surface area contributed by atoms with Crippen LogP contribution in [0.4, 0.5) is 8.78 Å². The van der Waals surface area contributed by atoms with Crippen LogP contribution in [0.5, 0.6) is 0 Å². The second-order valence-electron chi connectivity index (χ2n) is 4.40. The fraction of sp³-hybridized carbons (Fsp3) is 0.500. The number of halogens is 3. The van der Waals surface area contributed by atoms with Crippen molar-refractivity contribution in [1.82, 2.24) is 0 Å². The van der Waals surface area contributed by atoms with Crippen molar-refractivity contribution >= 4 is 15.9 Å². The number of hydrogen-bond acceptors (Lipinski definition) is 0. The van der Waals surface area contributed by atoms with Gasteiger partial charge in [0.05, 0.1) is 0 Å². The Morgan fingerprint density at radius 1 is 1.20 bits per heavy atom. The van der Waals surface area contributed by atoms with E-state index in [-0.39, 0.29) is 5.41 Å². The first-order valence-corrected chi connectivity index (χ1v) is 6.02. The zero-order valence-electron chi connectivity index (χ0n) is 9.20. The van der Waals surface area contributed by atoms with Gasteiger partial charge in [0.1, 0.15) is 11.6 Å². The highest BCUT2D eigenvalue weighted by atomic mass is 79.9. The molecule has 0 saturated carbocycles. The largest absolute Gasteiger partial charge is 0.207 e. The molecule has 3 heteroatoms. The predicted octanol–water partition coefficient (Wildman–Crippen LogP) is 4.34. The van der Waals surface area contributed by atoms with Gasteiger partial charge in [-0.05, 0) is 36.0 Å². The lowest BCUT2D eigenvalue weighted by molar-refractivity contribution is 0.467. The van der Waals surface area contributed by atoms with Gasteiger partial charge in [-0.2, -0.15) is 0 Å². The Balaban J connectivity index is 3.19. The predicted molar refractivity (Wildman–Crippen MR) is 62.5 cm³/mol. The first-order valence-electron chi connectivity index (χ1n) is 4.90. The molecule has 0 aliphatic rings. The molecule has 0 radical (unpaired) electrons. The van der Waals surface area contributed by atoms with E-state index in [1.54, 1.807) is 13.0 Å². The van der Waals surface area contributed by atoms with Crippen LogP contribution in [0, 0.1) is 18.6 Å². The third-order valence-electron chi connectivity index (χ3n) is 2.70. The topological polar surface area (TPSA) is 0 Å². The van der Waals surface area contributed by atoms with Crippen molar-refractivity contribution in [3.05, 3.63) is 34.9 Å². The maximum atomic E-state index is 13.6. The molecular formula is C12H15BrF2. The van der Waals surface area contributed by atoms with Crippen molar-refractivity contribution in [2.45, 2.75) is 32.6 Å². The van der Waals surface area contributed by atoms with E-state index in [1.807, 2.05) is 13.8 Å². The van der Waals surface area contributed by atoms with Gasteiger partial charge in [0, 0.05) is 11.4 Å². The lowest BCUT2D eigenvalue weighted by Gasteiger charge is -2.25. The molecule has 0 fully saturated rings. The van der Waals surface area contributed by atoms with Crippen LogP contribution >= 0.6 is 15.9 Å². The Morgan fingerprint density at radius 2 is 1.80 bits per heavy atom. The van der Waals surface area contributed by atoms with E-state index in [1.165, 1.54) is 0 Å². The van der Waals surface area contributed by atoms with Gasteiger partial charge in [-0.1, -0.05) is 29.8 Å². The van der Waals surface area contributed by atoms with Crippen molar-refractivity contribution in [2.24, 2.45) is 0 Å². The molecule has 0 aliphatic carbocycles. The van der Waals surface area contributed by atoms with E-state index in [9.17, 15) is 8.78 Å². The third kappa shape index (κ3) is 2.77. The van der Waals surface area contributed by atoms with Crippen LogP contribution in [0.2, 0.25) is 0 Å². The summed E-state index contributed by atoms with van der Waals surface area (Å²) < 4.78 is 26.7. The molecule has 0 spiro atoms. The van der Waals surface area contributed by atoms with Crippen molar-refractivity contribution in [1.29, 1.82) is 0 Å². The molecule has 0 unspecified atom stereocenters. The molecule has 0 nitrogen and oxygen atoms in total. The number of alkyl halides is 1. The Labute approximate surface area is 97.8 Å². The second-order valence-corrected chi connectivity index (χ2v) is 5.20. The van der Waals surface area contributed by atoms with Crippen LogP contribution in [0.15, 0.2) is 12.1 Å². The van der Waals surface area contributed by atoms with Crippen LogP contribution in [0.25, 0.3) is 0 Å². The third-order valence-corrected chi connectivity index (χ3v) is 3.09. The molecule has 0 heterocycles. The number of hydrogen-bond donors (Lipinski definition) is 0. The average molecular weight is 277 g/mol. The minimum Gasteiger partial charge on any atom is -0.207 e. The van der Waals surface area contributed by atoms with E-state index in [2.05, 4.69) is 15.9 Å². The van der Waals surface area contributed by atoms with Crippen LogP contribution < -0.4 is 0 Å². The number of benzene rings is 1. The molecular weight excluding hydrogens is 262 g/mol. The quantitative estimate of drug-likeness (QED) is 0.721. The molecule has 0 N–H and O–H groups in total. The van der Waals surface area contributed by atoms with Crippen LogP contribution in [0.1, 0.15) is 31.4 Å². The fourth-order valence-corrected chi connectivity index (χ4v) is 2.54. The Hall–Kier alpha value is -0.440. The molecule has 0 aromatic heterocycles. The first kappa shape index (κ1) is 12.6. The summed E-state index contributed by atoms with van der Waals surface area (Å²) in [7, 11) is 0. The van der Waals surface area contributed by atoms with Crippen molar-refractivity contribution in [3.8, 4) is 0 Å². The molecule has 0 bridgehead atoms. The summed E-state index contributed by atoms with van der Waals surface area (Å²) in [6.45, 7) is 5.58. The summed E-state index contributed by atoms with van der Waals surface area (Å²) >= 11 is 3.34. The van der Waals surface area contributed by atoms with Gasteiger partial charge in [-0.25, -0.2) is 8.78 Å². The molecule has 1 aromatic carbocycles. The smallest absolute Gasteiger partial charge is 0.129 e. The van der Waals surface area contributed by atoms with Crippen LogP contribution in [-0.4, -0.2) is 5.33 Å². The summed E-state index contributed by atoms with van der Waals surface area (Å²) in [6, 6.07) is 2.58. The highest BCUT2D eigenvalue weighted by Crippen LogP contribution is 2.31. The molecule has 1 aromatic rings. The normalized spacial score (nSPS) is 11.9. The average Bonchev–Trinajstić information content (AvgIpc) is 2.11. The first-order chi connectivity index (χ1) is 6.88. The lowest BCUT2D eigenvalue weighted by Crippen LogP contribution is -2.20. The molecule has 15 heavy (non-hydrogen) atoms. The Bertz CT molecular complexity index is 359. The van der Waals surface area contributed by atoms with Gasteiger partial charge >= 0.3 is 0 Å². The van der Waals surface area contributed by atoms with Gasteiger partial charge in [-0.3, -0.25) is 0 Å². The number of aryl methyl sites for hydroxylation is 1. The monoisotopic (exact) mass is 276 g/mol. The van der Waals surface area contributed by atoms with Gasteiger partial charge in [0.25, 0.3) is 0 Å². The van der Waals surface area contributed by atoms with Gasteiger partial charge in [0.2, 0.25) is 0 Å². The summed E-state index contributed by atoms with van der Waals surface area (Å²) in [4.78, 5) is 0. The highest BCUT2D eigenvalue weighted by Gasteiger charge is 2.24. The second kappa shape index (κ2) is 4.60. The van der Waals surface area contributed by atoms with E-state index in [0.29, 0.717) is 11.1 Å². The minimum absolute atomic E-state index is 0.272. The Morgan fingerprint density at radius 3 is 2.33 bits per heavy atom. The summed E-state index contributed by atoms with van der Waals surface area (Å²) in [5.41, 5.74) is 0.807. The maximum Gasteiger partial charge on any atom is 0.129 e. The molecule has 0 aliphatic heterocycles. The molecule has 0 atom stereocenters. The van der Waals surface area contributed by atoms with E-state index >= 15 is 0 Å². The maximum absolute atomic E-state index is 13.6. The fourth-order valence-electron chi connectivity index (χ4n) is 1.55. The summed E-state index contributed by atoms with van der Waals surface area (Å²) in [6.07, 6.45) is 0.814. The van der Waals surface area contributed by atoms with Gasteiger partial charge < -0.3 is 0 Å². The van der Waals surface area contributed by atoms with Crippen molar-refractivity contribution < 1.29 is 8.78 Å². The standard InChI is InChI=1S/C12H15BrF2/c1-8-6-9(11(15)7-10(8)14)12(2,3)4-5-13/h6-7H,4-5H2,1-3H3. The van der Waals surface area contributed by atoms with Crippen LogP contribution in [-0.2, 0) is 5.41 Å². The molecule has 1 rings (SSSR count).